The van der Waals surface area contributed by atoms with Gasteiger partial charge in [-0.1, -0.05) is 15.9 Å². The fraction of sp³-hybridized carbons (Fsp3) is 0.176. The molecule has 9 heteroatoms. The number of hydrogen-bond acceptors (Lipinski definition) is 5. The molecule has 0 atom stereocenters. The molecule has 26 heavy (non-hydrogen) atoms. The van der Waals surface area contributed by atoms with E-state index >= 15 is 0 Å². The average Bonchev–Trinajstić information content (AvgIpc) is 2.56. The standard InChI is InChI=1S/C17H15Br3N2O4/c1-8-3-11(18)4-9(2)17(8)26-7-13(23)22-21-6-10-5-12(19)16(25)14(20)15(10)24/h3-6,24-25H,7H2,1-2H3,(H,22,23)/b21-6+. The second-order valence-corrected chi connectivity index (χ2v) is 7.97. The largest absolute Gasteiger partial charge is 0.506 e. The Hall–Kier alpha value is -1.58. The summed E-state index contributed by atoms with van der Waals surface area (Å²) < 4.78 is 7.01. The molecular formula is C17H15Br3N2O4. The summed E-state index contributed by atoms with van der Waals surface area (Å²) in [5.74, 6) is -0.117. The number of nitrogens with one attached hydrogen (secondary N) is 1. The number of aryl methyl sites for hydroxylation is 2. The van der Waals surface area contributed by atoms with Crippen molar-refractivity contribution in [3.8, 4) is 17.2 Å². The molecule has 0 aliphatic carbocycles. The number of benzene rings is 2. The van der Waals surface area contributed by atoms with Crippen LogP contribution in [-0.4, -0.2) is 28.9 Å². The Morgan fingerprint density at radius 3 is 2.38 bits per heavy atom. The molecule has 0 unspecified atom stereocenters. The number of halogens is 3. The second kappa shape index (κ2) is 8.88. The minimum absolute atomic E-state index is 0.127. The van der Waals surface area contributed by atoms with Gasteiger partial charge in [-0.3, -0.25) is 4.79 Å². The van der Waals surface area contributed by atoms with Gasteiger partial charge in [0.25, 0.3) is 5.91 Å². The van der Waals surface area contributed by atoms with E-state index in [9.17, 15) is 15.0 Å². The summed E-state index contributed by atoms with van der Waals surface area (Å²) in [5, 5.41) is 23.4. The Bertz CT molecular complexity index is 862. The van der Waals surface area contributed by atoms with Crippen molar-refractivity contribution in [2.45, 2.75) is 13.8 Å². The lowest BCUT2D eigenvalue weighted by Gasteiger charge is -2.11. The molecule has 0 radical (unpaired) electrons. The molecule has 138 valence electrons. The fourth-order valence-corrected chi connectivity index (χ4v) is 4.02. The van der Waals surface area contributed by atoms with Crippen molar-refractivity contribution < 1.29 is 19.7 Å². The van der Waals surface area contributed by atoms with Crippen molar-refractivity contribution >= 4 is 59.9 Å². The lowest BCUT2D eigenvalue weighted by molar-refractivity contribution is -0.123. The lowest BCUT2D eigenvalue weighted by atomic mass is 10.1. The van der Waals surface area contributed by atoms with E-state index < -0.39 is 5.91 Å². The zero-order chi connectivity index (χ0) is 19.4. The van der Waals surface area contributed by atoms with Gasteiger partial charge in [0.2, 0.25) is 0 Å². The Morgan fingerprint density at radius 1 is 1.15 bits per heavy atom. The van der Waals surface area contributed by atoms with Gasteiger partial charge in [0.05, 0.1) is 10.7 Å². The number of amides is 1. The Labute approximate surface area is 175 Å². The number of carbonyl (C=O) groups is 1. The van der Waals surface area contributed by atoms with Crippen LogP contribution in [0, 0.1) is 13.8 Å². The topological polar surface area (TPSA) is 91.2 Å². The molecule has 0 bridgehead atoms. The molecular weight excluding hydrogens is 536 g/mol. The summed E-state index contributed by atoms with van der Waals surface area (Å²) in [7, 11) is 0. The van der Waals surface area contributed by atoms with E-state index in [1.165, 1.54) is 12.3 Å². The molecule has 1 amide bonds. The van der Waals surface area contributed by atoms with Crippen molar-refractivity contribution in [2.75, 3.05) is 6.61 Å². The molecule has 0 fully saturated rings. The first-order chi connectivity index (χ1) is 12.2. The maximum Gasteiger partial charge on any atom is 0.277 e. The first-order valence-electron chi connectivity index (χ1n) is 7.32. The number of hydrogen-bond donors (Lipinski definition) is 3. The van der Waals surface area contributed by atoms with Crippen LogP contribution in [0.25, 0.3) is 0 Å². The number of rotatable bonds is 5. The van der Waals surface area contributed by atoms with Gasteiger partial charge >= 0.3 is 0 Å². The van der Waals surface area contributed by atoms with Gasteiger partial charge in [-0.15, -0.1) is 0 Å². The SMILES string of the molecule is Cc1cc(Br)cc(C)c1OCC(=O)N/N=C/c1cc(Br)c(O)c(Br)c1O. The third-order valence-electron chi connectivity index (χ3n) is 3.36. The quantitative estimate of drug-likeness (QED) is 0.377. The monoisotopic (exact) mass is 548 g/mol. The number of nitrogens with zero attached hydrogens (tertiary/aromatic N) is 1. The predicted molar refractivity (Wildman–Crippen MR) is 110 cm³/mol. The molecule has 2 aromatic carbocycles. The Balaban J connectivity index is 1.99. The zero-order valence-corrected chi connectivity index (χ0v) is 18.6. The van der Waals surface area contributed by atoms with Crippen molar-refractivity contribution in [3.05, 3.63) is 48.3 Å². The molecule has 0 aromatic heterocycles. The van der Waals surface area contributed by atoms with Crippen molar-refractivity contribution in [3.63, 3.8) is 0 Å². The molecule has 6 nitrogen and oxygen atoms in total. The summed E-state index contributed by atoms with van der Waals surface area (Å²) in [5.41, 5.74) is 4.46. The summed E-state index contributed by atoms with van der Waals surface area (Å²) in [4.78, 5) is 11.9. The predicted octanol–water partition coefficient (Wildman–Crippen LogP) is 4.53. The minimum Gasteiger partial charge on any atom is -0.506 e. The summed E-state index contributed by atoms with van der Waals surface area (Å²) in [6.07, 6.45) is 1.26. The molecule has 0 heterocycles. The normalized spacial score (nSPS) is 11.0. The van der Waals surface area contributed by atoms with E-state index in [-0.39, 0.29) is 22.6 Å². The third kappa shape index (κ3) is 4.99. The van der Waals surface area contributed by atoms with Gasteiger partial charge in [0, 0.05) is 10.0 Å². The van der Waals surface area contributed by atoms with Crippen LogP contribution in [0.1, 0.15) is 16.7 Å². The van der Waals surface area contributed by atoms with Gasteiger partial charge < -0.3 is 14.9 Å². The molecule has 2 aromatic rings. The third-order valence-corrected chi connectivity index (χ3v) is 5.18. The highest BCUT2D eigenvalue weighted by Crippen LogP contribution is 2.40. The average molecular weight is 551 g/mol. The second-order valence-electron chi connectivity index (χ2n) is 5.41. The van der Waals surface area contributed by atoms with Crippen LogP contribution in [0.2, 0.25) is 0 Å². The maximum absolute atomic E-state index is 11.9. The van der Waals surface area contributed by atoms with Crippen LogP contribution < -0.4 is 10.2 Å². The van der Waals surface area contributed by atoms with Crippen LogP contribution in [0.5, 0.6) is 17.2 Å². The van der Waals surface area contributed by atoms with E-state index in [2.05, 4.69) is 58.3 Å². The van der Waals surface area contributed by atoms with Gasteiger partial charge in [-0.05, 0) is 75.0 Å². The highest BCUT2D eigenvalue weighted by Gasteiger charge is 2.13. The van der Waals surface area contributed by atoms with Gasteiger partial charge in [-0.25, -0.2) is 5.43 Å². The first kappa shape index (κ1) is 20.7. The van der Waals surface area contributed by atoms with E-state index in [1.807, 2.05) is 26.0 Å². The molecule has 2 rings (SSSR count). The number of carbonyl (C=O) groups excluding carboxylic acids is 1. The molecule has 0 aliphatic rings. The summed E-state index contributed by atoms with van der Waals surface area (Å²) >= 11 is 9.63. The molecule has 0 spiro atoms. The first-order valence-corrected chi connectivity index (χ1v) is 9.70. The maximum atomic E-state index is 11.9. The smallest absolute Gasteiger partial charge is 0.277 e. The number of phenols is 2. The van der Waals surface area contributed by atoms with Gasteiger partial charge in [-0.2, -0.15) is 5.10 Å². The molecule has 0 aliphatic heterocycles. The Kier molecular flexibility index (Phi) is 7.08. The number of ether oxygens (including phenoxy) is 1. The molecule has 3 N–H and O–H groups in total. The highest BCUT2D eigenvalue weighted by molar-refractivity contribution is 9.11. The Morgan fingerprint density at radius 2 is 1.77 bits per heavy atom. The fourth-order valence-electron chi connectivity index (χ4n) is 2.18. The van der Waals surface area contributed by atoms with Crippen LogP contribution >= 0.6 is 47.8 Å². The number of hydrazone groups is 1. The van der Waals surface area contributed by atoms with Crippen LogP contribution in [0.3, 0.4) is 0 Å². The van der Waals surface area contributed by atoms with E-state index in [0.29, 0.717) is 15.8 Å². The highest BCUT2D eigenvalue weighted by atomic mass is 79.9. The van der Waals surface area contributed by atoms with Crippen LogP contribution in [0.4, 0.5) is 0 Å². The van der Waals surface area contributed by atoms with Crippen molar-refractivity contribution in [1.82, 2.24) is 5.43 Å². The number of aromatic hydroxyl groups is 2. The number of phenolic OH excluding ortho intramolecular Hbond substituents is 2. The van der Waals surface area contributed by atoms with Crippen molar-refractivity contribution in [2.24, 2.45) is 5.10 Å². The molecule has 0 saturated carbocycles. The zero-order valence-electron chi connectivity index (χ0n) is 13.8. The lowest BCUT2D eigenvalue weighted by Crippen LogP contribution is -2.25. The van der Waals surface area contributed by atoms with E-state index in [4.69, 9.17) is 4.74 Å². The molecule has 0 saturated heterocycles. The summed E-state index contributed by atoms with van der Waals surface area (Å²) in [6.45, 7) is 3.59. The minimum atomic E-state index is -0.445. The van der Waals surface area contributed by atoms with E-state index in [0.717, 1.165) is 15.6 Å². The van der Waals surface area contributed by atoms with E-state index in [1.54, 1.807) is 0 Å². The van der Waals surface area contributed by atoms with Crippen LogP contribution in [0.15, 0.2) is 36.7 Å². The summed E-state index contributed by atoms with van der Waals surface area (Å²) in [6, 6.07) is 5.28. The van der Waals surface area contributed by atoms with Crippen LogP contribution in [-0.2, 0) is 4.79 Å². The van der Waals surface area contributed by atoms with Gasteiger partial charge in [0.15, 0.2) is 6.61 Å². The van der Waals surface area contributed by atoms with Gasteiger partial charge in [0.1, 0.15) is 21.7 Å². The van der Waals surface area contributed by atoms with Crippen molar-refractivity contribution in [1.29, 1.82) is 0 Å².